The standard InChI is InChI=1S/C11H16ClN3O/c1-3-4-7-13-11(16)15(2)9-5-6-10(12)14-8-9/h5-6,8H,3-4,7H2,1-2H3,(H,13,16). The van der Waals surface area contributed by atoms with Gasteiger partial charge in [0.2, 0.25) is 0 Å². The minimum absolute atomic E-state index is 0.127. The average molecular weight is 242 g/mol. The maximum atomic E-state index is 11.7. The first-order valence-corrected chi connectivity index (χ1v) is 5.66. The molecular formula is C11H16ClN3O. The summed E-state index contributed by atoms with van der Waals surface area (Å²) < 4.78 is 0. The van der Waals surface area contributed by atoms with Gasteiger partial charge in [0.15, 0.2) is 0 Å². The third-order valence-corrected chi connectivity index (χ3v) is 2.43. The van der Waals surface area contributed by atoms with E-state index in [1.807, 2.05) is 0 Å². The van der Waals surface area contributed by atoms with E-state index < -0.39 is 0 Å². The zero-order valence-electron chi connectivity index (χ0n) is 9.53. The zero-order chi connectivity index (χ0) is 12.0. The molecule has 0 aliphatic rings. The molecule has 4 nitrogen and oxygen atoms in total. The smallest absolute Gasteiger partial charge is 0.321 e. The first-order chi connectivity index (χ1) is 7.65. The quantitative estimate of drug-likeness (QED) is 0.651. The van der Waals surface area contributed by atoms with Gasteiger partial charge in [-0.1, -0.05) is 24.9 Å². The van der Waals surface area contributed by atoms with Crippen LogP contribution in [0.15, 0.2) is 18.3 Å². The molecule has 88 valence electrons. The summed E-state index contributed by atoms with van der Waals surface area (Å²) in [5.74, 6) is 0. The van der Waals surface area contributed by atoms with Crippen LogP contribution in [0.1, 0.15) is 19.8 Å². The van der Waals surface area contributed by atoms with Crippen molar-refractivity contribution in [3.63, 3.8) is 0 Å². The minimum atomic E-state index is -0.127. The van der Waals surface area contributed by atoms with Crippen molar-refractivity contribution < 1.29 is 4.79 Å². The number of aromatic nitrogens is 1. The van der Waals surface area contributed by atoms with Gasteiger partial charge in [0, 0.05) is 13.6 Å². The third kappa shape index (κ3) is 3.70. The molecule has 0 fully saturated rings. The third-order valence-electron chi connectivity index (χ3n) is 2.21. The molecule has 1 N–H and O–H groups in total. The normalized spacial score (nSPS) is 9.94. The average Bonchev–Trinajstić information content (AvgIpc) is 2.29. The number of pyridine rings is 1. The van der Waals surface area contributed by atoms with Gasteiger partial charge in [0.05, 0.1) is 11.9 Å². The summed E-state index contributed by atoms with van der Waals surface area (Å²) in [6, 6.07) is 3.29. The van der Waals surface area contributed by atoms with Gasteiger partial charge in [-0.3, -0.25) is 4.90 Å². The number of halogens is 1. The van der Waals surface area contributed by atoms with Gasteiger partial charge in [-0.2, -0.15) is 0 Å². The molecule has 1 aromatic rings. The van der Waals surface area contributed by atoms with E-state index in [9.17, 15) is 4.79 Å². The number of rotatable bonds is 4. The van der Waals surface area contributed by atoms with E-state index in [1.165, 1.54) is 4.90 Å². The number of nitrogens with one attached hydrogen (secondary N) is 1. The predicted molar refractivity (Wildman–Crippen MR) is 66.0 cm³/mol. The van der Waals surface area contributed by atoms with Crippen molar-refractivity contribution in [1.82, 2.24) is 10.3 Å². The molecule has 0 bridgehead atoms. The van der Waals surface area contributed by atoms with Gasteiger partial charge in [-0.05, 0) is 18.6 Å². The highest BCUT2D eigenvalue weighted by Gasteiger charge is 2.09. The van der Waals surface area contributed by atoms with E-state index in [2.05, 4.69) is 17.2 Å². The molecule has 0 saturated heterocycles. The molecule has 1 rings (SSSR count). The molecule has 0 atom stereocenters. The van der Waals surface area contributed by atoms with E-state index in [1.54, 1.807) is 25.4 Å². The summed E-state index contributed by atoms with van der Waals surface area (Å²) >= 11 is 5.67. The van der Waals surface area contributed by atoms with Gasteiger partial charge in [0.1, 0.15) is 5.15 Å². The summed E-state index contributed by atoms with van der Waals surface area (Å²) in [6.07, 6.45) is 3.62. The molecule has 2 amide bonds. The van der Waals surface area contributed by atoms with E-state index in [-0.39, 0.29) is 6.03 Å². The maximum absolute atomic E-state index is 11.7. The Labute approximate surface area is 101 Å². The van der Waals surface area contributed by atoms with Gasteiger partial charge in [-0.25, -0.2) is 9.78 Å². The van der Waals surface area contributed by atoms with Gasteiger partial charge in [-0.15, -0.1) is 0 Å². The Balaban J connectivity index is 2.53. The molecular weight excluding hydrogens is 226 g/mol. The van der Waals surface area contributed by atoms with Crippen LogP contribution in [-0.4, -0.2) is 24.6 Å². The Hall–Kier alpha value is -1.29. The van der Waals surface area contributed by atoms with Crippen LogP contribution >= 0.6 is 11.6 Å². The lowest BCUT2D eigenvalue weighted by atomic mass is 10.3. The Bertz CT molecular complexity index is 340. The molecule has 0 aliphatic heterocycles. The van der Waals surface area contributed by atoms with Crippen LogP contribution < -0.4 is 10.2 Å². The van der Waals surface area contributed by atoms with E-state index in [0.29, 0.717) is 11.7 Å². The van der Waals surface area contributed by atoms with E-state index >= 15 is 0 Å². The fourth-order valence-corrected chi connectivity index (χ4v) is 1.29. The highest BCUT2D eigenvalue weighted by molar-refractivity contribution is 6.29. The van der Waals surface area contributed by atoms with Crippen molar-refractivity contribution in [2.45, 2.75) is 19.8 Å². The lowest BCUT2D eigenvalue weighted by Crippen LogP contribution is -2.37. The summed E-state index contributed by atoms with van der Waals surface area (Å²) in [4.78, 5) is 17.1. The Morgan fingerprint density at radius 2 is 2.31 bits per heavy atom. The number of carbonyl (C=O) groups is 1. The number of hydrogen-bond donors (Lipinski definition) is 1. The summed E-state index contributed by atoms with van der Waals surface area (Å²) in [7, 11) is 1.70. The Morgan fingerprint density at radius 3 is 2.88 bits per heavy atom. The molecule has 0 saturated carbocycles. The summed E-state index contributed by atoms with van der Waals surface area (Å²) in [6.45, 7) is 2.78. The van der Waals surface area contributed by atoms with Crippen molar-refractivity contribution in [3.8, 4) is 0 Å². The fraction of sp³-hybridized carbons (Fsp3) is 0.455. The molecule has 0 radical (unpaired) electrons. The van der Waals surface area contributed by atoms with Gasteiger partial charge in [0.25, 0.3) is 0 Å². The Morgan fingerprint density at radius 1 is 1.56 bits per heavy atom. The van der Waals surface area contributed by atoms with Crippen molar-refractivity contribution in [2.24, 2.45) is 0 Å². The number of urea groups is 1. The molecule has 5 heteroatoms. The number of anilines is 1. The first-order valence-electron chi connectivity index (χ1n) is 5.28. The number of amides is 2. The largest absolute Gasteiger partial charge is 0.338 e. The van der Waals surface area contributed by atoms with Crippen LogP contribution in [-0.2, 0) is 0 Å². The number of carbonyl (C=O) groups excluding carboxylic acids is 1. The van der Waals surface area contributed by atoms with E-state index in [0.717, 1.165) is 18.5 Å². The number of nitrogens with zero attached hydrogens (tertiary/aromatic N) is 2. The van der Waals surface area contributed by atoms with Crippen LogP contribution in [0.5, 0.6) is 0 Å². The second-order valence-electron chi connectivity index (χ2n) is 3.48. The van der Waals surface area contributed by atoms with Crippen molar-refractivity contribution in [1.29, 1.82) is 0 Å². The SMILES string of the molecule is CCCCNC(=O)N(C)c1ccc(Cl)nc1. The molecule has 0 aliphatic carbocycles. The molecule has 1 aromatic heterocycles. The minimum Gasteiger partial charge on any atom is -0.338 e. The molecule has 0 unspecified atom stereocenters. The van der Waals surface area contributed by atoms with Gasteiger partial charge >= 0.3 is 6.03 Å². The maximum Gasteiger partial charge on any atom is 0.321 e. The second-order valence-corrected chi connectivity index (χ2v) is 3.87. The van der Waals surface area contributed by atoms with E-state index in [4.69, 9.17) is 11.6 Å². The lowest BCUT2D eigenvalue weighted by Gasteiger charge is -2.17. The number of hydrogen-bond acceptors (Lipinski definition) is 2. The molecule has 1 heterocycles. The summed E-state index contributed by atoms with van der Waals surface area (Å²) in [5, 5.41) is 3.24. The van der Waals surface area contributed by atoms with Crippen LogP contribution in [0.25, 0.3) is 0 Å². The van der Waals surface area contributed by atoms with Crippen LogP contribution in [0.2, 0.25) is 5.15 Å². The molecule has 0 aromatic carbocycles. The topological polar surface area (TPSA) is 45.2 Å². The zero-order valence-corrected chi connectivity index (χ0v) is 10.3. The summed E-state index contributed by atoms with van der Waals surface area (Å²) in [5.41, 5.74) is 0.721. The highest BCUT2D eigenvalue weighted by Crippen LogP contribution is 2.13. The van der Waals surface area contributed by atoms with Crippen molar-refractivity contribution >= 4 is 23.3 Å². The first kappa shape index (κ1) is 12.8. The second kappa shape index (κ2) is 6.33. The van der Waals surface area contributed by atoms with Crippen LogP contribution in [0.4, 0.5) is 10.5 Å². The van der Waals surface area contributed by atoms with Crippen molar-refractivity contribution in [2.75, 3.05) is 18.5 Å². The number of unbranched alkanes of at least 4 members (excludes halogenated alkanes) is 1. The Kier molecular flexibility index (Phi) is 5.05. The lowest BCUT2D eigenvalue weighted by molar-refractivity contribution is 0.247. The molecule has 16 heavy (non-hydrogen) atoms. The fourth-order valence-electron chi connectivity index (χ4n) is 1.17. The van der Waals surface area contributed by atoms with Crippen LogP contribution in [0, 0.1) is 0 Å². The van der Waals surface area contributed by atoms with Gasteiger partial charge < -0.3 is 5.32 Å². The monoisotopic (exact) mass is 241 g/mol. The molecule has 0 spiro atoms. The van der Waals surface area contributed by atoms with Crippen LogP contribution in [0.3, 0.4) is 0 Å². The van der Waals surface area contributed by atoms with Crippen molar-refractivity contribution in [3.05, 3.63) is 23.5 Å². The highest BCUT2D eigenvalue weighted by atomic mass is 35.5. The predicted octanol–water partition coefficient (Wildman–Crippen LogP) is 2.68.